The number of carbonyl (C=O) groups excluding carboxylic acids is 1. The lowest BCUT2D eigenvalue weighted by Gasteiger charge is -2.27. The smallest absolute Gasteiger partial charge is 0.343 e. The second-order valence-electron chi connectivity index (χ2n) is 10.5. The molecule has 0 saturated heterocycles. The van der Waals surface area contributed by atoms with Gasteiger partial charge in [0.05, 0.1) is 12.2 Å². The van der Waals surface area contributed by atoms with E-state index in [2.05, 4.69) is 45.1 Å². The van der Waals surface area contributed by atoms with Crippen molar-refractivity contribution in [1.29, 1.82) is 0 Å². The van der Waals surface area contributed by atoms with Crippen molar-refractivity contribution in [3.05, 3.63) is 71.8 Å². The van der Waals surface area contributed by atoms with Crippen molar-refractivity contribution in [3.8, 4) is 11.5 Å². The van der Waals surface area contributed by atoms with Gasteiger partial charge in [-0.2, -0.15) is 0 Å². The van der Waals surface area contributed by atoms with Gasteiger partial charge < -0.3 is 9.47 Å². The van der Waals surface area contributed by atoms with Crippen molar-refractivity contribution in [1.82, 2.24) is 0 Å². The topological polar surface area (TPSA) is 35.5 Å². The lowest BCUT2D eigenvalue weighted by atomic mass is 9.78. The van der Waals surface area contributed by atoms with Gasteiger partial charge in [-0.25, -0.2) is 4.79 Å². The van der Waals surface area contributed by atoms with E-state index in [4.69, 9.17) is 9.47 Å². The van der Waals surface area contributed by atoms with Crippen LogP contribution in [0.5, 0.6) is 11.5 Å². The van der Waals surface area contributed by atoms with E-state index < -0.39 is 0 Å². The lowest BCUT2D eigenvalue weighted by Crippen LogP contribution is -2.12. The van der Waals surface area contributed by atoms with Gasteiger partial charge in [-0.15, -0.1) is 0 Å². The van der Waals surface area contributed by atoms with Crippen LogP contribution < -0.4 is 9.47 Å². The fraction of sp³-hybridized carbons (Fsp3) is 0.545. The third-order valence-corrected chi connectivity index (χ3v) is 7.59. The molecule has 0 bridgehead atoms. The van der Waals surface area contributed by atoms with Crippen molar-refractivity contribution in [2.24, 2.45) is 11.8 Å². The molecule has 0 amide bonds. The minimum Gasteiger partial charge on any atom is -0.494 e. The van der Waals surface area contributed by atoms with Gasteiger partial charge in [0.2, 0.25) is 0 Å². The van der Waals surface area contributed by atoms with Gasteiger partial charge in [0.1, 0.15) is 11.5 Å². The van der Waals surface area contributed by atoms with E-state index in [0.29, 0.717) is 23.8 Å². The highest BCUT2D eigenvalue weighted by atomic mass is 16.5. The Kier molecular flexibility index (Phi) is 12.1. The fourth-order valence-corrected chi connectivity index (χ4v) is 4.93. The fourth-order valence-electron chi connectivity index (χ4n) is 4.93. The van der Waals surface area contributed by atoms with Crippen LogP contribution in [-0.2, 0) is 0 Å². The number of allylic oxidation sites excluding steroid dienone is 2. The molecule has 2 aromatic rings. The molecule has 0 heterocycles. The van der Waals surface area contributed by atoms with Crippen LogP contribution in [0.15, 0.2) is 60.7 Å². The minimum atomic E-state index is -0.335. The van der Waals surface area contributed by atoms with Gasteiger partial charge in [0.15, 0.2) is 0 Å². The summed E-state index contributed by atoms with van der Waals surface area (Å²) in [5.41, 5.74) is 1.89. The number of hydrogen-bond donors (Lipinski definition) is 0. The molecule has 1 aliphatic carbocycles. The maximum atomic E-state index is 12.6. The molecule has 3 nitrogen and oxygen atoms in total. The molecule has 196 valence electrons. The Morgan fingerprint density at radius 1 is 0.917 bits per heavy atom. The summed E-state index contributed by atoms with van der Waals surface area (Å²) >= 11 is 0. The first-order valence-electron chi connectivity index (χ1n) is 14.3. The molecule has 2 aromatic carbocycles. The largest absolute Gasteiger partial charge is 0.494 e. The van der Waals surface area contributed by atoms with E-state index in [0.717, 1.165) is 24.0 Å². The zero-order valence-corrected chi connectivity index (χ0v) is 22.7. The maximum Gasteiger partial charge on any atom is 0.343 e. The van der Waals surface area contributed by atoms with Crippen molar-refractivity contribution >= 4 is 5.97 Å². The molecule has 1 unspecified atom stereocenters. The molecule has 36 heavy (non-hydrogen) atoms. The van der Waals surface area contributed by atoms with Gasteiger partial charge in [-0.1, -0.05) is 77.2 Å². The summed E-state index contributed by atoms with van der Waals surface area (Å²) in [7, 11) is 0. The van der Waals surface area contributed by atoms with E-state index in [1.54, 1.807) is 12.1 Å². The van der Waals surface area contributed by atoms with E-state index in [-0.39, 0.29) is 5.97 Å². The average Bonchev–Trinajstić information content (AvgIpc) is 2.92. The Balaban J connectivity index is 1.39. The molecule has 1 aliphatic rings. The van der Waals surface area contributed by atoms with E-state index in [1.165, 1.54) is 69.8 Å². The molecule has 3 rings (SSSR count). The van der Waals surface area contributed by atoms with Crippen LogP contribution in [0.4, 0.5) is 0 Å². The zero-order chi connectivity index (χ0) is 25.6. The standard InChI is InChI=1S/C33H46O3/c1-4-6-8-12-27-13-15-28(16-14-27)29-17-23-32(24-18-29)36-33(34)30-19-21-31(22-20-30)35-25-10-7-9-11-26(3)5-2/h8,12,17-24,26-28H,4-7,9-11,13-16,25H2,1-3H3/b12-8+. The molecule has 0 spiro atoms. The first kappa shape index (κ1) is 28.0. The summed E-state index contributed by atoms with van der Waals surface area (Å²) in [4.78, 5) is 12.6. The zero-order valence-electron chi connectivity index (χ0n) is 22.7. The van der Waals surface area contributed by atoms with Crippen LogP contribution in [0.1, 0.15) is 113 Å². The summed E-state index contributed by atoms with van der Waals surface area (Å²) in [6.07, 6.45) is 18.3. The Morgan fingerprint density at radius 3 is 2.28 bits per heavy atom. The predicted molar refractivity (Wildman–Crippen MR) is 150 cm³/mol. The summed E-state index contributed by atoms with van der Waals surface area (Å²) in [5.74, 6) is 3.23. The lowest BCUT2D eigenvalue weighted by molar-refractivity contribution is 0.0734. The van der Waals surface area contributed by atoms with Crippen LogP contribution in [-0.4, -0.2) is 12.6 Å². The van der Waals surface area contributed by atoms with E-state index in [1.807, 2.05) is 24.3 Å². The molecular formula is C33H46O3. The second-order valence-corrected chi connectivity index (χ2v) is 10.5. The van der Waals surface area contributed by atoms with Gasteiger partial charge in [-0.05, 0) is 98.2 Å². The second kappa shape index (κ2) is 15.5. The number of rotatable bonds is 14. The van der Waals surface area contributed by atoms with Gasteiger partial charge in [0.25, 0.3) is 0 Å². The average molecular weight is 491 g/mol. The van der Waals surface area contributed by atoms with Gasteiger partial charge in [-0.3, -0.25) is 0 Å². The third-order valence-electron chi connectivity index (χ3n) is 7.59. The van der Waals surface area contributed by atoms with Crippen molar-refractivity contribution in [2.75, 3.05) is 6.61 Å². The number of unbranched alkanes of at least 4 members (excludes halogenated alkanes) is 3. The van der Waals surface area contributed by atoms with Crippen LogP contribution >= 0.6 is 0 Å². The summed E-state index contributed by atoms with van der Waals surface area (Å²) in [6.45, 7) is 7.51. The predicted octanol–water partition coefficient (Wildman–Crippen LogP) is 9.52. The van der Waals surface area contributed by atoms with Crippen molar-refractivity contribution in [2.45, 2.75) is 97.3 Å². The van der Waals surface area contributed by atoms with Gasteiger partial charge >= 0.3 is 5.97 Å². The highest BCUT2D eigenvalue weighted by molar-refractivity contribution is 5.91. The van der Waals surface area contributed by atoms with E-state index >= 15 is 0 Å². The number of carbonyl (C=O) groups is 1. The summed E-state index contributed by atoms with van der Waals surface area (Å²) < 4.78 is 11.5. The number of ether oxygens (including phenoxy) is 2. The first-order chi connectivity index (χ1) is 17.6. The summed E-state index contributed by atoms with van der Waals surface area (Å²) in [5, 5.41) is 0. The number of hydrogen-bond acceptors (Lipinski definition) is 3. The highest BCUT2D eigenvalue weighted by Gasteiger charge is 2.21. The molecule has 0 N–H and O–H groups in total. The van der Waals surface area contributed by atoms with Crippen molar-refractivity contribution in [3.63, 3.8) is 0 Å². The minimum absolute atomic E-state index is 0.335. The molecule has 0 aliphatic heterocycles. The number of esters is 1. The van der Waals surface area contributed by atoms with Crippen LogP contribution in [0, 0.1) is 11.8 Å². The van der Waals surface area contributed by atoms with E-state index in [9.17, 15) is 4.79 Å². The molecule has 0 radical (unpaired) electrons. The SMILES string of the molecule is CCC/C=C/C1CCC(c2ccc(OC(=O)c3ccc(OCCCCCC(C)CC)cc3)cc2)CC1. The van der Waals surface area contributed by atoms with Crippen LogP contribution in [0.25, 0.3) is 0 Å². The number of benzene rings is 2. The maximum absolute atomic E-state index is 12.6. The molecule has 0 aromatic heterocycles. The Morgan fingerprint density at radius 2 is 1.61 bits per heavy atom. The normalized spacial score (nSPS) is 18.8. The first-order valence-corrected chi connectivity index (χ1v) is 14.3. The third kappa shape index (κ3) is 9.48. The highest BCUT2D eigenvalue weighted by Crippen LogP contribution is 2.37. The van der Waals surface area contributed by atoms with Crippen LogP contribution in [0.2, 0.25) is 0 Å². The molecule has 3 heteroatoms. The molecule has 1 atom stereocenters. The summed E-state index contributed by atoms with van der Waals surface area (Å²) in [6, 6.07) is 15.4. The monoisotopic (exact) mass is 490 g/mol. The van der Waals surface area contributed by atoms with Crippen LogP contribution in [0.3, 0.4) is 0 Å². The molecule has 1 fully saturated rings. The quantitative estimate of drug-likeness (QED) is 0.114. The Bertz CT molecular complexity index is 905. The van der Waals surface area contributed by atoms with Gasteiger partial charge in [0, 0.05) is 0 Å². The Hall–Kier alpha value is -2.55. The Labute approximate surface area is 219 Å². The molecule has 1 saturated carbocycles. The molecular weight excluding hydrogens is 444 g/mol. The van der Waals surface area contributed by atoms with Crippen molar-refractivity contribution < 1.29 is 14.3 Å².